The molecule has 0 N–H and O–H groups in total. The molecule has 2 heteroatoms. The minimum atomic E-state index is 0.707. The van der Waals surface area contributed by atoms with Crippen molar-refractivity contribution in [3.8, 4) is 0 Å². The van der Waals surface area contributed by atoms with Crippen LogP contribution < -0.4 is 0 Å². The van der Waals surface area contributed by atoms with Gasteiger partial charge in [-0.2, -0.15) is 0 Å². The van der Waals surface area contributed by atoms with E-state index >= 15 is 0 Å². The van der Waals surface area contributed by atoms with Gasteiger partial charge < -0.3 is 0 Å². The highest BCUT2D eigenvalue weighted by Gasteiger charge is 2.34. The fraction of sp³-hybridized carbons (Fsp3) is 1.00. The first-order chi connectivity index (χ1) is 10.7. The monoisotopic (exact) mass is 328 g/mol. The first kappa shape index (κ1) is 22.9. The maximum absolute atomic E-state index is 2.34. The van der Waals surface area contributed by atoms with Gasteiger partial charge in [-0.15, -0.1) is 0 Å². The summed E-state index contributed by atoms with van der Waals surface area (Å²) in [5.41, 5.74) is 0. The molecule has 0 atom stereocenters. The number of unbranched alkanes of at least 4 members (excludes halogenated alkanes) is 11. The third-order valence-electron chi connectivity index (χ3n) is 5.10. The van der Waals surface area contributed by atoms with Gasteiger partial charge in [0.1, 0.15) is 0 Å². The maximum Gasteiger partial charge on any atom is 0.215 e. The fourth-order valence-electron chi connectivity index (χ4n) is 3.98. The van der Waals surface area contributed by atoms with Crippen molar-refractivity contribution in [2.24, 2.45) is 0 Å². The molecular weight excluding hydrogens is 280 g/mol. The van der Waals surface area contributed by atoms with Crippen LogP contribution >= 0.6 is 0 Å². The van der Waals surface area contributed by atoms with Crippen molar-refractivity contribution in [3.05, 3.63) is 0 Å². The first-order valence-electron chi connectivity index (χ1n) is 10.3. The topological polar surface area (TPSA) is 0 Å². The standard InChI is InChI=1S/C21H48N2/c1-8-9-10-11-12-13-14-15-16-17-18-19-20-21(22(2,3)4)23(5,6)7/h21H,8-20H2,1-7H3/q+2. The van der Waals surface area contributed by atoms with Gasteiger partial charge in [0.05, 0.1) is 48.7 Å². The largest absolute Gasteiger partial charge is 0.282 e. The average Bonchev–Trinajstić information content (AvgIpc) is 2.41. The number of nitrogens with zero attached hydrogens (tertiary/aromatic N) is 2. The molecule has 0 aliphatic rings. The van der Waals surface area contributed by atoms with Crippen molar-refractivity contribution < 1.29 is 8.97 Å². The molecule has 0 spiro atoms. The molecule has 0 rings (SSSR count). The second-order valence-electron chi connectivity index (χ2n) is 9.39. The van der Waals surface area contributed by atoms with E-state index in [0.717, 1.165) is 8.97 Å². The summed E-state index contributed by atoms with van der Waals surface area (Å²) in [5, 5.41) is 0. The van der Waals surface area contributed by atoms with E-state index in [1.54, 1.807) is 0 Å². The van der Waals surface area contributed by atoms with Crippen LogP contribution in [-0.2, 0) is 0 Å². The van der Waals surface area contributed by atoms with Crippen molar-refractivity contribution in [1.82, 2.24) is 0 Å². The molecule has 0 amide bonds. The molecule has 0 heterocycles. The fourth-order valence-corrected chi connectivity index (χ4v) is 3.98. The highest BCUT2D eigenvalue weighted by Crippen LogP contribution is 2.20. The molecule has 0 aromatic rings. The van der Waals surface area contributed by atoms with E-state index in [2.05, 4.69) is 49.2 Å². The zero-order valence-corrected chi connectivity index (χ0v) is 17.7. The Bertz CT molecular complexity index is 246. The third-order valence-corrected chi connectivity index (χ3v) is 5.10. The summed E-state index contributed by atoms with van der Waals surface area (Å²) >= 11 is 0. The van der Waals surface area contributed by atoms with Crippen LogP contribution in [0.1, 0.15) is 90.4 Å². The molecule has 140 valence electrons. The van der Waals surface area contributed by atoms with Gasteiger partial charge in [0.2, 0.25) is 6.17 Å². The minimum Gasteiger partial charge on any atom is -0.282 e. The van der Waals surface area contributed by atoms with Crippen LogP contribution in [-0.4, -0.2) is 57.4 Å². The van der Waals surface area contributed by atoms with E-state index in [9.17, 15) is 0 Å². The van der Waals surface area contributed by atoms with E-state index < -0.39 is 0 Å². The van der Waals surface area contributed by atoms with E-state index in [0.29, 0.717) is 6.17 Å². The average molecular weight is 329 g/mol. The molecule has 0 saturated heterocycles. The van der Waals surface area contributed by atoms with Crippen LogP contribution in [0.5, 0.6) is 0 Å². The Morgan fingerprint density at radius 2 is 0.783 bits per heavy atom. The maximum atomic E-state index is 2.34. The van der Waals surface area contributed by atoms with Crippen molar-refractivity contribution >= 4 is 0 Å². The van der Waals surface area contributed by atoms with Crippen LogP contribution in [0.2, 0.25) is 0 Å². The van der Waals surface area contributed by atoms with Crippen LogP contribution in [0.3, 0.4) is 0 Å². The molecule has 0 aromatic carbocycles. The minimum absolute atomic E-state index is 0.707. The lowest BCUT2D eigenvalue weighted by Gasteiger charge is -2.42. The summed E-state index contributed by atoms with van der Waals surface area (Å²) in [7, 11) is 14.1. The summed E-state index contributed by atoms with van der Waals surface area (Å²) in [6.07, 6.45) is 19.3. The van der Waals surface area contributed by atoms with Crippen LogP contribution in [0.25, 0.3) is 0 Å². The second kappa shape index (κ2) is 12.3. The quantitative estimate of drug-likeness (QED) is 0.202. The highest BCUT2D eigenvalue weighted by molar-refractivity contribution is 4.51. The smallest absolute Gasteiger partial charge is 0.215 e. The molecule has 0 aromatic heterocycles. The summed E-state index contributed by atoms with van der Waals surface area (Å²) in [4.78, 5) is 0. The summed E-state index contributed by atoms with van der Waals surface area (Å²) in [5.74, 6) is 0. The lowest BCUT2D eigenvalue weighted by Crippen LogP contribution is -2.60. The van der Waals surface area contributed by atoms with Crippen molar-refractivity contribution in [2.75, 3.05) is 42.3 Å². The molecule has 0 unspecified atom stereocenters. The van der Waals surface area contributed by atoms with Gasteiger partial charge in [-0.05, 0) is 6.42 Å². The highest BCUT2D eigenvalue weighted by atomic mass is 15.5. The van der Waals surface area contributed by atoms with Gasteiger partial charge in [-0.25, -0.2) is 0 Å². The van der Waals surface area contributed by atoms with Crippen LogP contribution in [0.4, 0.5) is 0 Å². The number of hydrogen-bond acceptors (Lipinski definition) is 0. The predicted octanol–water partition coefficient (Wildman–Crippen LogP) is 5.82. The van der Waals surface area contributed by atoms with E-state index in [1.807, 2.05) is 0 Å². The Kier molecular flexibility index (Phi) is 12.3. The van der Waals surface area contributed by atoms with Crippen LogP contribution in [0.15, 0.2) is 0 Å². The SMILES string of the molecule is CCCCCCCCCCCCCCC([N+](C)(C)C)[N+](C)(C)C. The van der Waals surface area contributed by atoms with Crippen molar-refractivity contribution in [1.29, 1.82) is 0 Å². The molecule has 0 bridgehead atoms. The molecule has 23 heavy (non-hydrogen) atoms. The van der Waals surface area contributed by atoms with Gasteiger partial charge in [0.15, 0.2) is 0 Å². The Morgan fingerprint density at radius 3 is 1.09 bits per heavy atom. The first-order valence-corrected chi connectivity index (χ1v) is 10.3. The van der Waals surface area contributed by atoms with Gasteiger partial charge >= 0.3 is 0 Å². The van der Waals surface area contributed by atoms with Crippen molar-refractivity contribution in [3.63, 3.8) is 0 Å². The predicted molar refractivity (Wildman–Crippen MR) is 106 cm³/mol. The number of rotatable bonds is 15. The van der Waals surface area contributed by atoms with Gasteiger partial charge in [0.25, 0.3) is 0 Å². The third kappa shape index (κ3) is 12.9. The zero-order valence-electron chi connectivity index (χ0n) is 17.7. The van der Waals surface area contributed by atoms with E-state index in [4.69, 9.17) is 0 Å². The lowest BCUT2D eigenvalue weighted by molar-refractivity contribution is -1.09. The summed E-state index contributed by atoms with van der Waals surface area (Å²) in [6, 6.07) is 0. The lowest BCUT2D eigenvalue weighted by atomic mass is 10.0. The summed E-state index contributed by atoms with van der Waals surface area (Å²) in [6.45, 7) is 2.29. The van der Waals surface area contributed by atoms with Crippen LogP contribution in [0, 0.1) is 0 Å². The van der Waals surface area contributed by atoms with E-state index in [1.165, 1.54) is 83.5 Å². The molecule has 0 fully saturated rings. The Hall–Kier alpha value is -0.0800. The zero-order chi connectivity index (χ0) is 17.8. The van der Waals surface area contributed by atoms with Gasteiger partial charge in [-0.3, -0.25) is 8.97 Å². The number of hydrogen-bond donors (Lipinski definition) is 0. The Balaban J connectivity index is 3.54. The molecule has 0 aliphatic carbocycles. The Morgan fingerprint density at radius 1 is 0.478 bits per heavy atom. The van der Waals surface area contributed by atoms with Crippen molar-refractivity contribution in [2.45, 2.75) is 96.6 Å². The molecule has 2 nitrogen and oxygen atoms in total. The van der Waals surface area contributed by atoms with Gasteiger partial charge in [0, 0.05) is 0 Å². The molecule has 0 saturated carbocycles. The summed E-state index contributed by atoms with van der Waals surface area (Å²) < 4.78 is 2.14. The number of quaternary nitrogens is 2. The molecular formula is C21H48N2+2. The van der Waals surface area contributed by atoms with Gasteiger partial charge in [-0.1, -0.05) is 77.6 Å². The molecule has 0 radical (unpaired) electrons. The second-order valence-corrected chi connectivity index (χ2v) is 9.39. The normalized spacial score (nSPS) is 13.0. The molecule has 0 aliphatic heterocycles. The van der Waals surface area contributed by atoms with E-state index in [-0.39, 0.29) is 0 Å². The Labute approximate surface area is 148 Å².